The largest absolute Gasteiger partial charge is 0.0761 e. The smallest absolute Gasteiger partial charge is 0.00502 e. The summed E-state index contributed by atoms with van der Waals surface area (Å²) in [6, 6.07) is 15.8. The summed E-state index contributed by atoms with van der Waals surface area (Å²) >= 11 is 0. The standard InChI is InChI=1S/C24H24/c1-16(2)23-12-11-22-15-21(10-13-24(22)23)20-9-8-19(14-20)18-6-4-17(3)5-7-18/h4-8,10-16,23H,9H2,1-3H3. The summed E-state index contributed by atoms with van der Waals surface area (Å²) in [5, 5.41) is 0. The molecule has 2 aromatic rings. The number of hydrogen-bond acceptors (Lipinski definition) is 0. The second-order valence-corrected chi connectivity index (χ2v) is 7.37. The molecule has 4 rings (SSSR count). The Balaban J connectivity index is 1.61. The molecule has 2 aliphatic carbocycles. The second-order valence-electron chi connectivity index (χ2n) is 7.37. The lowest BCUT2D eigenvalue weighted by molar-refractivity contribution is 0.584. The molecule has 0 saturated heterocycles. The van der Waals surface area contributed by atoms with Crippen molar-refractivity contribution in [3.63, 3.8) is 0 Å². The van der Waals surface area contributed by atoms with Crippen LogP contribution in [0.2, 0.25) is 0 Å². The molecule has 2 aliphatic rings. The van der Waals surface area contributed by atoms with Crippen molar-refractivity contribution in [2.24, 2.45) is 5.92 Å². The fourth-order valence-electron chi connectivity index (χ4n) is 3.79. The number of aryl methyl sites for hydroxylation is 1. The average Bonchev–Trinajstić information content (AvgIpc) is 3.22. The van der Waals surface area contributed by atoms with E-state index in [1.807, 2.05) is 0 Å². The van der Waals surface area contributed by atoms with Gasteiger partial charge in [0.2, 0.25) is 0 Å². The zero-order chi connectivity index (χ0) is 16.7. The van der Waals surface area contributed by atoms with E-state index < -0.39 is 0 Å². The molecule has 0 radical (unpaired) electrons. The van der Waals surface area contributed by atoms with Crippen LogP contribution in [0, 0.1) is 12.8 Å². The molecule has 1 unspecified atom stereocenters. The molecule has 0 N–H and O–H groups in total. The zero-order valence-corrected chi connectivity index (χ0v) is 14.7. The van der Waals surface area contributed by atoms with Crippen molar-refractivity contribution in [1.29, 1.82) is 0 Å². The van der Waals surface area contributed by atoms with Gasteiger partial charge in [-0.1, -0.05) is 80.1 Å². The van der Waals surface area contributed by atoms with E-state index in [1.54, 1.807) is 0 Å². The van der Waals surface area contributed by atoms with Gasteiger partial charge in [0.05, 0.1) is 0 Å². The van der Waals surface area contributed by atoms with Gasteiger partial charge in [-0.3, -0.25) is 0 Å². The molecule has 2 aromatic carbocycles. The highest BCUT2D eigenvalue weighted by molar-refractivity contribution is 5.90. The lowest BCUT2D eigenvalue weighted by atomic mass is 9.89. The van der Waals surface area contributed by atoms with E-state index in [9.17, 15) is 0 Å². The van der Waals surface area contributed by atoms with E-state index in [2.05, 4.69) is 87.5 Å². The lowest BCUT2D eigenvalue weighted by Gasteiger charge is -2.15. The maximum Gasteiger partial charge on any atom is 0.00502 e. The summed E-state index contributed by atoms with van der Waals surface area (Å²) in [7, 11) is 0. The van der Waals surface area contributed by atoms with Crippen molar-refractivity contribution >= 4 is 17.2 Å². The maximum atomic E-state index is 2.37. The summed E-state index contributed by atoms with van der Waals surface area (Å²) in [5.41, 5.74) is 9.65. The van der Waals surface area contributed by atoms with Crippen molar-refractivity contribution in [3.8, 4) is 0 Å². The Kier molecular flexibility index (Phi) is 3.76. The van der Waals surface area contributed by atoms with Crippen LogP contribution in [0.5, 0.6) is 0 Å². The van der Waals surface area contributed by atoms with Gasteiger partial charge in [0.15, 0.2) is 0 Å². The molecular weight excluding hydrogens is 288 g/mol. The minimum absolute atomic E-state index is 0.577. The van der Waals surface area contributed by atoms with Crippen molar-refractivity contribution in [1.82, 2.24) is 0 Å². The molecule has 120 valence electrons. The van der Waals surface area contributed by atoms with E-state index in [-0.39, 0.29) is 0 Å². The van der Waals surface area contributed by atoms with Crippen molar-refractivity contribution in [2.45, 2.75) is 33.1 Å². The number of hydrogen-bond donors (Lipinski definition) is 0. The monoisotopic (exact) mass is 312 g/mol. The summed E-state index contributed by atoms with van der Waals surface area (Å²) in [5.74, 6) is 1.24. The Morgan fingerprint density at radius 1 is 0.958 bits per heavy atom. The number of allylic oxidation sites excluding steroid dienone is 5. The SMILES string of the molecule is Cc1ccc(C2=CCC(c3ccc4c(c3)C=CC4C(C)C)=C2)cc1. The Hall–Kier alpha value is -2.34. The molecule has 0 saturated carbocycles. The minimum Gasteiger partial charge on any atom is -0.0761 e. The first-order valence-corrected chi connectivity index (χ1v) is 8.92. The van der Waals surface area contributed by atoms with Gasteiger partial charge in [-0.05, 0) is 58.7 Å². The Morgan fingerprint density at radius 3 is 2.46 bits per heavy atom. The van der Waals surface area contributed by atoms with Gasteiger partial charge in [-0.25, -0.2) is 0 Å². The molecule has 1 atom stereocenters. The van der Waals surface area contributed by atoms with Crippen LogP contribution in [0.25, 0.3) is 17.2 Å². The van der Waals surface area contributed by atoms with E-state index in [0.29, 0.717) is 11.8 Å². The number of benzene rings is 2. The molecule has 0 aliphatic heterocycles. The van der Waals surface area contributed by atoms with Crippen LogP contribution in [0.4, 0.5) is 0 Å². The topological polar surface area (TPSA) is 0 Å². The van der Waals surface area contributed by atoms with Crippen LogP contribution in [-0.2, 0) is 0 Å². The fraction of sp³-hybridized carbons (Fsp3) is 0.250. The molecule has 0 amide bonds. The summed E-state index contributed by atoms with van der Waals surface area (Å²) in [6.07, 6.45) is 10.4. The molecular formula is C24H24. The molecule has 0 bridgehead atoms. The third-order valence-corrected chi connectivity index (χ3v) is 5.27. The molecule has 0 aromatic heterocycles. The van der Waals surface area contributed by atoms with E-state index in [1.165, 1.54) is 39.0 Å². The zero-order valence-electron chi connectivity index (χ0n) is 14.7. The third kappa shape index (κ3) is 2.67. The molecule has 24 heavy (non-hydrogen) atoms. The van der Waals surface area contributed by atoms with E-state index in [0.717, 1.165) is 6.42 Å². The van der Waals surface area contributed by atoms with Crippen LogP contribution in [-0.4, -0.2) is 0 Å². The molecule has 0 spiro atoms. The predicted octanol–water partition coefficient (Wildman–Crippen LogP) is 6.63. The van der Waals surface area contributed by atoms with Crippen molar-refractivity contribution < 1.29 is 0 Å². The van der Waals surface area contributed by atoms with Crippen LogP contribution in [0.1, 0.15) is 54.0 Å². The Morgan fingerprint density at radius 2 is 1.71 bits per heavy atom. The van der Waals surface area contributed by atoms with Gasteiger partial charge >= 0.3 is 0 Å². The number of rotatable bonds is 3. The van der Waals surface area contributed by atoms with Crippen LogP contribution in [0.15, 0.2) is 60.7 Å². The van der Waals surface area contributed by atoms with Crippen LogP contribution < -0.4 is 0 Å². The summed E-state index contributed by atoms with van der Waals surface area (Å²) in [6.45, 7) is 6.74. The molecule has 0 fully saturated rings. The first-order valence-electron chi connectivity index (χ1n) is 8.92. The Labute approximate surface area is 145 Å². The van der Waals surface area contributed by atoms with Gasteiger partial charge in [-0.15, -0.1) is 0 Å². The van der Waals surface area contributed by atoms with Gasteiger partial charge in [0.1, 0.15) is 0 Å². The van der Waals surface area contributed by atoms with Gasteiger partial charge in [0.25, 0.3) is 0 Å². The quantitative estimate of drug-likeness (QED) is 0.596. The minimum atomic E-state index is 0.577. The summed E-state index contributed by atoms with van der Waals surface area (Å²) in [4.78, 5) is 0. The summed E-state index contributed by atoms with van der Waals surface area (Å²) < 4.78 is 0. The average molecular weight is 312 g/mol. The van der Waals surface area contributed by atoms with Gasteiger partial charge < -0.3 is 0 Å². The lowest BCUT2D eigenvalue weighted by Crippen LogP contribution is -2.01. The van der Waals surface area contributed by atoms with Crippen LogP contribution in [0.3, 0.4) is 0 Å². The second kappa shape index (κ2) is 5.94. The number of fused-ring (bicyclic) bond motifs is 1. The highest BCUT2D eigenvalue weighted by Gasteiger charge is 2.21. The van der Waals surface area contributed by atoms with Gasteiger partial charge in [0, 0.05) is 5.92 Å². The predicted molar refractivity (Wildman–Crippen MR) is 105 cm³/mol. The first-order chi connectivity index (χ1) is 11.6. The highest BCUT2D eigenvalue weighted by Crippen LogP contribution is 2.38. The third-order valence-electron chi connectivity index (χ3n) is 5.27. The Bertz CT molecular complexity index is 857. The molecule has 0 nitrogen and oxygen atoms in total. The highest BCUT2D eigenvalue weighted by atomic mass is 14.3. The van der Waals surface area contributed by atoms with Crippen LogP contribution >= 0.6 is 0 Å². The maximum absolute atomic E-state index is 2.37. The van der Waals surface area contributed by atoms with Crippen molar-refractivity contribution in [2.75, 3.05) is 0 Å². The van der Waals surface area contributed by atoms with Gasteiger partial charge in [-0.2, -0.15) is 0 Å². The fourth-order valence-corrected chi connectivity index (χ4v) is 3.79. The first kappa shape index (κ1) is 15.2. The molecule has 0 heteroatoms. The molecule has 0 heterocycles. The normalized spacial score (nSPS) is 18.8. The van der Waals surface area contributed by atoms with Crippen molar-refractivity contribution in [3.05, 3.63) is 88.5 Å². The van der Waals surface area contributed by atoms with E-state index >= 15 is 0 Å². The van der Waals surface area contributed by atoms with E-state index in [4.69, 9.17) is 0 Å².